The smallest absolute Gasteiger partial charge is 0.0705 e. The molecule has 2 aromatic carbocycles. The molecule has 128 valence electrons. The number of fused-ring (bicyclic) bond motifs is 2. The maximum absolute atomic E-state index is 8.18. The number of hydrogen-bond donors (Lipinski definition) is 1. The fourth-order valence-electron chi connectivity index (χ4n) is 2.56. The van der Waals surface area contributed by atoms with Gasteiger partial charge in [-0.05, 0) is 40.9 Å². The van der Waals surface area contributed by atoms with E-state index in [0.717, 1.165) is 32.9 Å². The van der Waals surface area contributed by atoms with E-state index >= 15 is 0 Å². The summed E-state index contributed by atoms with van der Waals surface area (Å²) in [5, 5.41) is 5.76. The molecule has 2 aromatic heterocycles. The van der Waals surface area contributed by atoms with E-state index in [9.17, 15) is 0 Å². The van der Waals surface area contributed by atoms with Gasteiger partial charge in [-0.1, -0.05) is 41.5 Å². The van der Waals surface area contributed by atoms with Gasteiger partial charge in [0.1, 0.15) is 0 Å². The minimum absolute atomic E-state index is 0.378. The second-order valence-electron chi connectivity index (χ2n) is 5.65. The number of benzene rings is 2. The summed E-state index contributed by atoms with van der Waals surface area (Å²) in [6.07, 6.45) is 3.54. The van der Waals surface area contributed by atoms with Crippen LogP contribution in [0.3, 0.4) is 0 Å². The Morgan fingerprint density at radius 2 is 1.42 bits per heavy atom. The first kappa shape index (κ1) is 17.4. The van der Waals surface area contributed by atoms with Crippen molar-refractivity contribution in [2.24, 2.45) is 10.8 Å². The standard InChI is InChI=1S/C10H8N4.C10H10N2/c11-14-13-7-8-3-4-9-2-1-5-12-10(9)6-8;11-7-8-3-4-9-2-1-5-12-10(9)6-8/h1-6H,7H2;1-6H,7,11H2. The highest BCUT2D eigenvalue weighted by molar-refractivity contribution is 5.79. The second kappa shape index (κ2) is 8.58. The highest BCUT2D eigenvalue weighted by Gasteiger charge is 1.95. The zero-order valence-corrected chi connectivity index (χ0v) is 14.2. The molecule has 0 bridgehead atoms. The van der Waals surface area contributed by atoms with Crippen molar-refractivity contribution in [1.29, 1.82) is 0 Å². The van der Waals surface area contributed by atoms with E-state index in [-0.39, 0.29) is 0 Å². The van der Waals surface area contributed by atoms with Crippen LogP contribution in [0.25, 0.3) is 32.2 Å². The Hall–Kier alpha value is -3.47. The number of azide groups is 1. The fourth-order valence-corrected chi connectivity index (χ4v) is 2.56. The summed E-state index contributed by atoms with van der Waals surface area (Å²) >= 11 is 0. The van der Waals surface area contributed by atoms with Crippen LogP contribution >= 0.6 is 0 Å². The lowest BCUT2D eigenvalue weighted by atomic mass is 10.1. The molecule has 0 atom stereocenters. The molecule has 0 aliphatic heterocycles. The summed E-state index contributed by atoms with van der Waals surface area (Å²) in [6.45, 7) is 0.954. The highest BCUT2D eigenvalue weighted by Crippen LogP contribution is 2.14. The summed E-state index contributed by atoms with van der Waals surface area (Å²) in [7, 11) is 0. The highest BCUT2D eigenvalue weighted by atomic mass is 15.1. The van der Waals surface area contributed by atoms with Gasteiger partial charge in [0.05, 0.1) is 17.6 Å². The summed E-state index contributed by atoms with van der Waals surface area (Å²) in [5.41, 5.74) is 17.7. The lowest BCUT2D eigenvalue weighted by Crippen LogP contribution is -1.95. The van der Waals surface area contributed by atoms with Gasteiger partial charge in [-0.25, -0.2) is 0 Å². The van der Waals surface area contributed by atoms with E-state index in [2.05, 4.69) is 20.0 Å². The molecule has 0 spiro atoms. The summed E-state index contributed by atoms with van der Waals surface area (Å²) < 4.78 is 0. The molecule has 4 rings (SSSR count). The van der Waals surface area contributed by atoms with Gasteiger partial charge < -0.3 is 5.73 Å². The molecule has 0 radical (unpaired) electrons. The molecule has 0 saturated carbocycles. The van der Waals surface area contributed by atoms with Crippen molar-refractivity contribution in [3.63, 3.8) is 0 Å². The quantitative estimate of drug-likeness (QED) is 0.330. The molecular weight excluding hydrogens is 324 g/mol. The van der Waals surface area contributed by atoms with Crippen LogP contribution in [-0.4, -0.2) is 9.97 Å². The maximum Gasteiger partial charge on any atom is 0.0705 e. The predicted octanol–water partition coefficient (Wildman–Crippen LogP) is 4.74. The lowest BCUT2D eigenvalue weighted by Gasteiger charge is -1.98. The molecule has 6 nitrogen and oxygen atoms in total. The Bertz CT molecular complexity index is 1070. The van der Waals surface area contributed by atoms with Gasteiger partial charge in [-0.3, -0.25) is 9.97 Å². The summed E-state index contributed by atoms with van der Waals surface area (Å²) in [5.74, 6) is 0. The van der Waals surface area contributed by atoms with E-state index in [0.29, 0.717) is 13.1 Å². The van der Waals surface area contributed by atoms with E-state index < -0.39 is 0 Å². The van der Waals surface area contributed by atoms with E-state index in [1.807, 2.05) is 60.7 Å². The van der Waals surface area contributed by atoms with E-state index in [4.69, 9.17) is 11.3 Å². The van der Waals surface area contributed by atoms with Crippen LogP contribution in [0.4, 0.5) is 0 Å². The number of aromatic nitrogens is 2. The van der Waals surface area contributed by atoms with Crippen molar-refractivity contribution in [3.8, 4) is 0 Å². The number of rotatable bonds is 3. The number of nitrogens with zero attached hydrogens (tertiary/aromatic N) is 5. The van der Waals surface area contributed by atoms with Crippen LogP contribution in [-0.2, 0) is 13.1 Å². The van der Waals surface area contributed by atoms with Crippen molar-refractivity contribution in [2.75, 3.05) is 0 Å². The third kappa shape index (κ3) is 4.33. The van der Waals surface area contributed by atoms with Gasteiger partial charge in [0.15, 0.2) is 0 Å². The number of hydrogen-bond acceptors (Lipinski definition) is 4. The lowest BCUT2D eigenvalue weighted by molar-refractivity contribution is 1.05. The van der Waals surface area contributed by atoms with Crippen LogP contribution in [0.1, 0.15) is 11.1 Å². The van der Waals surface area contributed by atoms with Crippen molar-refractivity contribution >= 4 is 21.8 Å². The zero-order chi connectivity index (χ0) is 18.2. The topological polar surface area (TPSA) is 101 Å². The molecule has 0 saturated heterocycles. The van der Waals surface area contributed by atoms with Gasteiger partial charge in [0, 0.05) is 34.6 Å². The van der Waals surface area contributed by atoms with E-state index in [1.165, 1.54) is 0 Å². The van der Waals surface area contributed by atoms with Gasteiger partial charge in [-0.2, -0.15) is 0 Å². The molecule has 4 aromatic rings. The van der Waals surface area contributed by atoms with Gasteiger partial charge in [-0.15, -0.1) is 0 Å². The molecule has 0 fully saturated rings. The van der Waals surface area contributed by atoms with Crippen molar-refractivity contribution in [3.05, 3.63) is 94.6 Å². The normalized spacial score (nSPS) is 10.0. The zero-order valence-electron chi connectivity index (χ0n) is 14.2. The van der Waals surface area contributed by atoms with Gasteiger partial charge in [0.25, 0.3) is 0 Å². The second-order valence-corrected chi connectivity index (χ2v) is 5.65. The molecular formula is C20H18N6. The molecule has 6 heteroatoms. The Morgan fingerprint density at radius 3 is 2.00 bits per heavy atom. The molecule has 2 N–H and O–H groups in total. The Morgan fingerprint density at radius 1 is 0.846 bits per heavy atom. The third-order valence-corrected chi connectivity index (χ3v) is 3.89. The van der Waals surface area contributed by atoms with Crippen molar-refractivity contribution in [2.45, 2.75) is 13.1 Å². The van der Waals surface area contributed by atoms with Crippen molar-refractivity contribution in [1.82, 2.24) is 9.97 Å². The fraction of sp³-hybridized carbons (Fsp3) is 0.100. The average molecular weight is 342 g/mol. The third-order valence-electron chi connectivity index (χ3n) is 3.89. The SMILES string of the molecule is NCc1ccc2cccnc2c1.[N-]=[N+]=NCc1ccc2cccnc2c1. The molecule has 0 unspecified atom stereocenters. The molecule has 0 aliphatic carbocycles. The van der Waals surface area contributed by atoms with Gasteiger partial charge >= 0.3 is 0 Å². The van der Waals surface area contributed by atoms with Gasteiger partial charge in [0.2, 0.25) is 0 Å². The number of nitrogens with two attached hydrogens (primary N) is 1. The maximum atomic E-state index is 8.18. The Labute approximate surface area is 151 Å². The Kier molecular flexibility index (Phi) is 5.72. The van der Waals surface area contributed by atoms with E-state index in [1.54, 1.807) is 12.4 Å². The first-order valence-corrected chi connectivity index (χ1v) is 8.18. The average Bonchev–Trinajstić information content (AvgIpc) is 2.72. The minimum atomic E-state index is 0.378. The molecule has 0 amide bonds. The predicted molar refractivity (Wildman–Crippen MR) is 104 cm³/mol. The first-order chi connectivity index (χ1) is 12.8. The molecule has 26 heavy (non-hydrogen) atoms. The Balaban J connectivity index is 0.000000152. The van der Waals surface area contributed by atoms with Crippen LogP contribution < -0.4 is 5.73 Å². The molecule has 0 aliphatic rings. The number of pyridine rings is 2. The summed E-state index contributed by atoms with van der Waals surface area (Å²) in [4.78, 5) is 11.2. The minimum Gasteiger partial charge on any atom is -0.326 e. The van der Waals surface area contributed by atoms with Crippen molar-refractivity contribution < 1.29 is 0 Å². The largest absolute Gasteiger partial charge is 0.326 e. The van der Waals surface area contributed by atoms with Crippen LogP contribution in [0.2, 0.25) is 0 Å². The van der Waals surface area contributed by atoms with Crippen LogP contribution in [0.15, 0.2) is 78.2 Å². The van der Waals surface area contributed by atoms with Crippen LogP contribution in [0.5, 0.6) is 0 Å². The van der Waals surface area contributed by atoms with Crippen LogP contribution in [0, 0.1) is 0 Å². The summed E-state index contributed by atoms with van der Waals surface area (Å²) in [6, 6.07) is 19.8. The molecule has 2 heterocycles. The first-order valence-electron chi connectivity index (χ1n) is 8.18. The monoisotopic (exact) mass is 342 g/mol.